The van der Waals surface area contributed by atoms with Gasteiger partial charge in [0.25, 0.3) is 0 Å². The molecule has 0 spiro atoms. The predicted molar refractivity (Wildman–Crippen MR) is 75.2 cm³/mol. The third kappa shape index (κ3) is 2.99. The number of aryl methyl sites for hydroxylation is 1. The zero-order valence-electron chi connectivity index (χ0n) is 11.1. The van der Waals surface area contributed by atoms with Crippen molar-refractivity contribution in [2.45, 2.75) is 6.92 Å². The number of para-hydroxylation sites is 1. The van der Waals surface area contributed by atoms with Crippen molar-refractivity contribution in [1.29, 1.82) is 0 Å². The smallest absolute Gasteiger partial charge is 0.185 e. The summed E-state index contributed by atoms with van der Waals surface area (Å²) < 4.78 is 13.5. The van der Waals surface area contributed by atoms with Crippen LogP contribution in [0.25, 0.3) is 0 Å². The molecule has 19 heavy (non-hydrogen) atoms. The highest BCUT2D eigenvalue weighted by Crippen LogP contribution is 2.18. The van der Waals surface area contributed by atoms with Crippen LogP contribution in [0.5, 0.6) is 0 Å². The van der Waals surface area contributed by atoms with E-state index in [4.69, 9.17) is 0 Å². The van der Waals surface area contributed by atoms with Gasteiger partial charge in [-0.25, -0.2) is 4.39 Å². The van der Waals surface area contributed by atoms with Gasteiger partial charge < -0.3 is 4.90 Å². The fourth-order valence-electron chi connectivity index (χ4n) is 2.06. The molecule has 0 aliphatic rings. The van der Waals surface area contributed by atoms with E-state index >= 15 is 0 Å². The number of rotatable bonds is 4. The van der Waals surface area contributed by atoms with Crippen molar-refractivity contribution in [1.82, 2.24) is 0 Å². The molecular weight excluding hydrogens is 241 g/mol. The molecule has 2 aromatic rings. The number of ketones is 1. The van der Waals surface area contributed by atoms with Gasteiger partial charge in [-0.15, -0.1) is 0 Å². The Morgan fingerprint density at radius 1 is 1.11 bits per heavy atom. The topological polar surface area (TPSA) is 20.3 Å². The van der Waals surface area contributed by atoms with E-state index in [9.17, 15) is 9.18 Å². The monoisotopic (exact) mass is 257 g/mol. The molecule has 0 N–H and O–H groups in total. The summed E-state index contributed by atoms with van der Waals surface area (Å²) in [6.07, 6.45) is 0. The molecule has 0 fully saturated rings. The molecule has 2 rings (SSSR count). The van der Waals surface area contributed by atoms with Crippen LogP contribution in [0.2, 0.25) is 0 Å². The van der Waals surface area contributed by atoms with Gasteiger partial charge >= 0.3 is 0 Å². The molecule has 2 nitrogen and oxygen atoms in total. The van der Waals surface area contributed by atoms with Gasteiger partial charge in [-0.2, -0.15) is 0 Å². The summed E-state index contributed by atoms with van der Waals surface area (Å²) in [5, 5.41) is 0. The third-order valence-electron chi connectivity index (χ3n) is 3.08. The van der Waals surface area contributed by atoms with Gasteiger partial charge in [-0.05, 0) is 30.7 Å². The van der Waals surface area contributed by atoms with Gasteiger partial charge in [0.2, 0.25) is 0 Å². The van der Waals surface area contributed by atoms with Crippen LogP contribution in [0.15, 0.2) is 48.5 Å². The Bertz CT molecular complexity index is 595. The number of likely N-dealkylation sites (N-methyl/N-ethyl adjacent to an activating group) is 1. The summed E-state index contributed by atoms with van der Waals surface area (Å²) in [6.45, 7) is 2.14. The zero-order chi connectivity index (χ0) is 13.8. The van der Waals surface area contributed by atoms with Gasteiger partial charge in [-0.1, -0.05) is 30.3 Å². The fraction of sp³-hybridized carbons (Fsp3) is 0.188. The number of carbonyl (C=O) groups excluding carboxylic acids is 1. The van der Waals surface area contributed by atoms with Crippen LogP contribution < -0.4 is 4.90 Å². The number of anilines is 1. The van der Waals surface area contributed by atoms with Gasteiger partial charge in [0.1, 0.15) is 5.82 Å². The minimum absolute atomic E-state index is 0.142. The van der Waals surface area contributed by atoms with Gasteiger partial charge in [0, 0.05) is 12.7 Å². The highest BCUT2D eigenvalue weighted by Gasteiger charge is 2.14. The van der Waals surface area contributed by atoms with Crippen LogP contribution in [0.4, 0.5) is 10.1 Å². The van der Waals surface area contributed by atoms with E-state index in [1.165, 1.54) is 12.1 Å². The quantitative estimate of drug-likeness (QED) is 0.782. The maximum Gasteiger partial charge on any atom is 0.185 e. The van der Waals surface area contributed by atoms with Crippen LogP contribution >= 0.6 is 0 Å². The average molecular weight is 257 g/mol. The van der Waals surface area contributed by atoms with Crippen molar-refractivity contribution < 1.29 is 9.18 Å². The molecule has 0 atom stereocenters. The molecule has 0 unspecified atom stereocenters. The molecule has 0 saturated heterocycles. The number of nitrogens with zero attached hydrogens (tertiary/aromatic N) is 1. The van der Waals surface area contributed by atoms with Crippen molar-refractivity contribution >= 4 is 11.5 Å². The Kier molecular flexibility index (Phi) is 3.95. The number of carbonyl (C=O) groups is 1. The highest BCUT2D eigenvalue weighted by molar-refractivity contribution is 5.99. The van der Waals surface area contributed by atoms with Crippen LogP contribution in [-0.2, 0) is 0 Å². The Balaban J connectivity index is 2.16. The second-order valence-electron chi connectivity index (χ2n) is 4.55. The molecular formula is C16H16FNO. The lowest BCUT2D eigenvalue weighted by molar-refractivity contribution is 0.0996. The number of hydrogen-bond donors (Lipinski definition) is 0. The first-order valence-electron chi connectivity index (χ1n) is 6.14. The minimum atomic E-state index is -0.467. The largest absolute Gasteiger partial charge is 0.367 e. The van der Waals surface area contributed by atoms with Crippen LogP contribution in [0, 0.1) is 12.7 Å². The lowest BCUT2D eigenvalue weighted by atomic mass is 10.1. The first-order valence-corrected chi connectivity index (χ1v) is 6.14. The number of hydrogen-bond acceptors (Lipinski definition) is 2. The molecule has 0 bridgehead atoms. The second-order valence-corrected chi connectivity index (χ2v) is 4.55. The maximum atomic E-state index is 13.5. The molecule has 0 aliphatic heterocycles. The van der Waals surface area contributed by atoms with Gasteiger partial charge in [0.15, 0.2) is 5.78 Å². The molecule has 0 aromatic heterocycles. The summed E-state index contributed by atoms with van der Waals surface area (Å²) in [5.41, 5.74) is 2.21. The minimum Gasteiger partial charge on any atom is -0.367 e. The third-order valence-corrected chi connectivity index (χ3v) is 3.08. The Morgan fingerprint density at radius 2 is 1.74 bits per heavy atom. The first kappa shape index (κ1) is 13.3. The van der Waals surface area contributed by atoms with E-state index in [1.807, 2.05) is 43.1 Å². The SMILES string of the molecule is Cc1ccccc1N(C)CC(=O)c1ccccc1F. The zero-order valence-corrected chi connectivity index (χ0v) is 11.1. The van der Waals surface area contributed by atoms with Gasteiger partial charge in [0.05, 0.1) is 12.1 Å². The fourth-order valence-corrected chi connectivity index (χ4v) is 2.06. The molecule has 3 heteroatoms. The van der Waals surface area contributed by atoms with Crippen molar-refractivity contribution in [2.75, 3.05) is 18.5 Å². The summed E-state index contributed by atoms with van der Waals surface area (Å²) in [7, 11) is 1.83. The van der Waals surface area contributed by atoms with Crippen LogP contribution in [-0.4, -0.2) is 19.4 Å². The van der Waals surface area contributed by atoms with E-state index in [0.717, 1.165) is 11.3 Å². The molecule has 98 valence electrons. The van der Waals surface area contributed by atoms with E-state index < -0.39 is 5.82 Å². The molecule has 0 aliphatic carbocycles. The lowest BCUT2D eigenvalue weighted by Gasteiger charge is -2.20. The highest BCUT2D eigenvalue weighted by atomic mass is 19.1. The number of halogens is 1. The van der Waals surface area contributed by atoms with Crippen molar-refractivity contribution in [3.05, 3.63) is 65.5 Å². The van der Waals surface area contributed by atoms with Crippen LogP contribution in [0.1, 0.15) is 15.9 Å². The second kappa shape index (κ2) is 5.65. The summed E-state index contributed by atoms with van der Waals surface area (Å²) >= 11 is 0. The first-order chi connectivity index (χ1) is 9.09. The maximum absolute atomic E-state index is 13.5. The normalized spacial score (nSPS) is 10.3. The summed E-state index contributed by atoms with van der Waals surface area (Å²) in [6, 6.07) is 13.9. The molecule has 0 saturated carbocycles. The van der Waals surface area contributed by atoms with Gasteiger partial charge in [-0.3, -0.25) is 4.79 Å². The number of Topliss-reactive ketones (excluding diaryl/α,β-unsaturated/α-hetero) is 1. The molecule has 2 aromatic carbocycles. The van der Waals surface area contributed by atoms with E-state index in [-0.39, 0.29) is 17.9 Å². The van der Waals surface area contributed by atoms with E-state index in [0.29, 0.717) is 0 Å². The Hall–Kier alpha value is -2.16. The predicted octanol–water partition coefficient (Wildman–Crippen LogP) is 3.45. The van der Waals surface area contributed by atoms with Crippen molar-refractivity contribution in [3.8, 4) is 0 Å². The number of benzene rings is 2. The Morgan fingerprint density at radius 3 is 2.42 bits per heavy atom. The molecule has 0 radical (unpaired) electrons. The molecule has 0 heterocycles. The lowest BCUT2D eigenvalue weighted by Crippen LogP contribution is -2.26. The van der Waals surface area contributed by atoms with Crippen molar-refractivity contribution in [2.24, 2.45) is 0 Å². The van der Waals surface area contributed by atoms with Crippen LogP contribution in [0.3, 0.4) is 0 Å². The summed E-state index contributed by atoms with van der Waals surface area (Å²) in [4.78, 5) is 13.9. The average Bonchev–Trinajstić information content (AvgIpc) is 2.39. The van der Waals surface area contributed by atoms with E-state index in [1.54, 1.807) is 12.1 Å². The van der Waals surface area contributed by atoms with Crippen molar-refractivity contribution in [3.63, 3.8) is 0 Å². The summed E-state index contributed by atoms with van der Waals surface area (Å²) in [5.74, 6) is -0.686. The standard InChI is InChI=1S/C16H16FNO/c1-12-7-3-6-10-15(12)18(2)11-16(19)13-8-4-5-9-14(13)17/h3-10H,11H2,1-2H3. The Labute approximate surface area is 112 Å². The molecule has 0 amide bonds. The van der Waals surface area contributed by atoms with E-state index in [2.05, 4.69) is 0 Å².